The predicted molar refractivity (Wildman–Crippen MR) is 73.9 cm³/mol. The fourth-order valence-corrected chi connectivity index (χ4v) is 3.53. The fraction of sp³-hybridized carbons (Fsp3) is 1.00. The number of aliphatic hydroxyl groups is 1. The first-order valence-corrected chi connectivity index (χ1v) is 7.82. The fourth-order valence-electron chi connectivity index (χ4n) is 3.53. The molecule has 5 unspecified atom stereocenters. The van der Waals surface area contributed by atoms with Crippen LogP contribution in [0.5, 0.6) is 0 Å². The lowest BCUT2D eigenvalue weighted by Crippen LogP contribution is -2.39. The highest BCUT2D eigenvalue weighted by Crippen LogP contribution is 2.42. The number of ether oxygens (including phenoxy) is 1. The minimum atomic E-state index is -4.29. The van der Waals surface area contributed by atoms with Crippen molar-refractivity contribution in [2.24, 2.45) is 11.8 Å². The van der Waals surface area contributed by atoms with Gasteiger partial charge >= 0.3 is 6.18 Å². The summed E-state index contributed by atoms with van der Waals surface area (Å²) in [5, 5.41) is 9.56. The molecule has 2 fully saturated rings. The standard InChI is InChI=1S/C15H26F3NO2/c1-9(2)13-7-11(14(21-13)15(16,17)18)6-10(3)19-5-4-12(20)8-19/h9-14,20H,4-8H2,1-3H3. The highest BCUT2D eigenvalue weighted by Gasteiger charge is 2.52. The second-order valence-corrected chi connectivity index (χ2v) is 6.90. The van der Waals surface area contributed by atoms with E-state index in [0.717, 1.165) is 6.54 Å². The topological polar surface area (TPSA) is 32.7 Å². The number of likely N-dealkylation sites (tertiary alicyclic amines) is 1. The normalized spacial score (nSPS) is 36.6. The van der Waals surface area contributed by atoms with Gasteiger partial charge in [0.05, 0.1) is 12.2 Å². The van der Waals surface area contributed by atoms with E-state index in [0.29, 0.717) is 25.8 Å². The Balaban J connectivity index is 1.98. The van der Waals surface area contributed by atoms with Gasteiger partial charge in [0, 0.05) is 19.1 Å². The number of rotatable bonds is 4. The van der Waals surface area contributed by atoms with Gasteiger partial charge in [-0.15, -0.1) is 0 Å². The maximum absolute atomic E-state index is 13.2. The van der Waals surface area contributed by atoms with Crippen molar-refractivity contribution in [2.75, 3.05) is 13.1 Å². The third-order valence-corrected chi connectivity index (χ3v) is 4.81. The van der Waals surface area contributed by atoms with E-state index in [4.69, 9.17) is 4.74 Å². The lowest BCUT2D eigenvalue weighted by molar-refractivity contribution is -0.227. The first kappa shape index (κ1) is 17.0. The van der Waals surface area contributed by atoms with Gasteiger partial charge in [0.1, 0.15) is 0 Å². The van der Waals surface area contributed by atoms with Gasteiger partial charge in [-0.05, 0) is 38.0 Å². The Hall–Kier alpha value is -0.330. The van der Waals surface area contributed by atoms with Crippen LogP contribution in [0.4, 0.5) is 13.2 Å². The minimum Gasteiger partial charge on any atom is -0.392 e. The Labute approximate surface area is 124 Å². The van der Waals surface area contributed by atoms with Crippen molar-refractivity contribution in [3.63, 3.8) is 0 Å². The van der Waals surface area contributed by atoms with Gasteiger partial charge in [0.2, 0.25) is 0 Å². The van der Waals surface area contributed by atoms with Crippen LogP contribution in [0.25, 0.3) is 0 Å². The number of halogens is 3. The van der Waals surface area contributed by atoms with Crippen molar-refractivity contribution >= 4 is 0 Å². The van der Waals surface area contributed by atoms with E-state index in [1.165, 1.54) is 0 Å². The molecule has 2 aliphatic rings. The number of hydrogen-bond acceptors (Lipinski definition) is 3. The second-order valence-electron chi connectivity index (χ2n) is 6.90. The van der Waals surface area contributed by atoms with Gasteiger partial charge in [-0.3, -0.25) is 4.90 Å². The van der Waals surface area contributed by atoms with Gasteiger partial charge in [0.25, 0.3) is 0 Å². The number of alkyl halides is 3. The summed E-state index contributed by atoms with van der Waals surface area (Å²) in [6, 6.07) is 0.0477. The summed E-state index contributed by atoms with van der Waals surface area (Å²) in [5.74, 6) is -0.381. The molecule has 0 amide bonds. The highest BCUT2D eigenvalue weighted by molar-refractivity contribution is 4.91. The summed E-state index contributed by atoms with van der Waals surface area (Å²) in [5.41, 5.74) is 0. The zero-order chi connectivity index (χ0) is 15.8. The molecule has 0 bridgehead atoms. The summed E-state index contributed by atoms with van der Waals surface area (Å²) in [4.78, 5) is 2.08. The van der Waals surface area contributed by atoms with Crippen LogP contribution in [-0.2, 0) is 4.74 Å². The number of aliphatic hydroxyl groups excluding tert-OH is 1. The van der Waals surface area contributed by atoms with Gasteiger partial charge < -0.3 is 9.84 Å². The van der Waals surface area contributed by atoms with Crippen LogP contribution in [0.2, 0.25) is 0 Å². The molecule has 0 saturated carbocycles. The van der Waals surface area contributed by atoms with Gasteiger partial charge in [0.15, 0.2) is 6.10 Å². The van der Waals surface area contributed by atoms with E-state index < -0.39 is 18.2 Å². The lowest BCUT2D eigenvalue weighted by atomic mass is 9.89. The molecule has 0 aromatic heterocycles. The SMILES string of the molecule is CC(C)C1CC(CC(C)N2CCC(O)C2)C(C(F)(F)F)O1. The molecule has 2 rings (SSSR count). The summed E-state index contributed by atoms with van der Waals surface area (Å²) in [7, 11) is 0. The molecular formula is C15H26F3NO2. The second kappa shape index (κ2) is 6.42. The lowest BCUT2D eigenvalue weighted by Gasteiger charge is -2.29. The monoisotopic (exact) mass is 309 g/mol. The number of hydrogen-bond donors (Lipinski definition) is 1. The van der Waals surface area contributed by atoms with Crippen LogP contribution in [-0.4, -0.2) is 53.6 Å². The molecular weight excluding hydrogens is 283 g/mol. The Morgan fingerprint density at radius 3 is 2.43 bits per heavy atom. The van der Waals surface area contributed by atoms with Crippen molar-refractivity contribution < 1.29 is 23.0 Å². The smallest absolute Gasteiger partial charge is 0.392 e. The molecule has 0 aromatic carbocycles. The summed E-state index contributed by atoms with van der Waals surface area (Å²) >= 11 is 0. The van der Waals surface area contributed by atoms with E-state index in [2.05, 4.69) is 4.90 Å². The van der Waals surface area contributed by atoms with Crippen LogP contribution in [0.15, 0.2) is 0 Å². The highest BCUT2D eigenvalue weighted by atomic mass is 19.4. The number of β-amino-alcohol motifs (C(OH)–C–C–N with tert-alkyl or cyclic N) is 1. The first-order valence-electron chi connectivity index (χ1n) is 7.82. The van der Waals surface area contributed by atoms with Gasteiger partial charge in [-0.25, -0.2) is 0 Å². The maximum Gasteiger partial charge on any atom is 0.414 e. The van der Waals surface area contributed by atoms with Crippen molar-refractivity contribution in [3.8, 4) is 0 Å². The molecule has 124 valence electrons. The summed E-state index contributed by atoms with van der Waals surface area (Å²) in [6.07, 6.45) is -4.92. The van der Waals surface area contributed by atoms with E-state index in [1.807, 2.05) is 20.8 Å². The minimum absolute atomic E-state index is 0.0477. The molecule has 6 heteroatoms. The molecule has 1 N–H and O–H groups in total. The molecule has 2 heterocycles. The van der Waals surface area contributed by atoms with Crippen LogP contribution in [0.3, 0.4) is 0 Å². The average molecular weight is 309 g/mol. The van der Waals surface area contributed by atoms with Crippen molar-refractivity contribution in [1.82, 2.24) is 4.90 Å². The van der Waals surface area contributed by atoms with Crippen molar-refractivity contribution in [1.29, 1.82) is 0 Å². The molecule has 21 heavy (non-hydrogen) atoms. The third kappa shape index (κ3) is 4.11. The maximum atomic E-state index is 13.2. The van der Waals surface area contributed by atoms with E-state index >= 15 is 0 Å². The van der Waals surface area contributed by atoms with Gasteiger partial charge in [-0.1, -0.05) is 13.8 Å². The summed E-state index contributed by atoms with van der Waals surface area (Å²) in [6.45, 7) is 7.09. The van der Waals surface area contributed by atoms with Crippen LogP contribution in [0, 0.1) is 11.8 Å². The van der Waals surface area contributed by atoms with E-state index in [9.17, 15) is 18.3 Å². The molecule has 0 aromatic rings. The van der Waals surface area contributed by atoms with E-state index in [-0.39, 0.29) is 24.2 Å². The molecule has 0 radical (unpaired) electrons. The Bertz CT molecular complexity index is 348. The van der Waals surface area contributed by atoms with Crippen molar-refractivity contribution in [3.05, 3.63) is 0 Å². The third-order valence-electron chi connectivity index (χ3n) is 4.81. The molecule has 2 saturated heterocycles. The zero-order valence-corrected chi connectivity index (χ0v) is 12.9. The molecule has 0 aliphatic carbocycles. The molecule has 5 atom stereocenters. The predicted octanol–water partition coefficient (Wildman–Crippen LogP) is 2.82. The largest absolute Gasteiger partial charge is 0.414 e. The first-order chi connectivity index (χ1) is 9.68. The van der Waals surface area contributed by atoms with Crippen LogP contribution < -0.4 is 0 Å². The average Bonchev–Trinajstić information content (AvgIpc) is 2.94. The van der Waals surface area contributed by atoms with Crippen LogP contribution >= 0.6 is 0 Å². The molecule has 0 spiro atoms. The Morgan fingerprint density at radius 1 is 1.29 bits per heavy atom. The number of nitrogens with zero attached hydrogens (tertiary/aromatic N) is 1. The van der Waals surface area contributed by atoms with Gasteiger partial charge in [-0.2, -0.15) is 13.2 Å². The van der Waals surface area contributed by atoms with E-state index in [1.54, 1.807) is 0 Å². The quantitative estimate of drug-likeness (QED) is 0.867. The van der Waals surface area contributed by atoms with Crippen molar-refractivity contribution in [2.45, 2.75) is 70.6 Å². The zero-order valence-electron chi connectivity index (χ0n) is 12.9. The molecule has 3 nitrogen and oxygen atoms in total. The Kier molecular flexibility index (Phi) is 5.21. The molecule has 2 aliphatic heterocycles. The summed E-state index contributed by atoms with van der Waals surface area (Å²) < 4.78 is 44.8. The Morgan fingerprint density at radius 2 is 1.95 bits per heavy atom. The van der Waals surface area contributed by atoms with Crippen LogP contribution in [0.1, 0.15) is 40.0 Å².